The van der Waals surface area contributed by atoms with Crippen molar-refractivity contribution in [1.29, 1.82) is 0 Å². The predicted octanol–water partition coefficient (Wildman–Crippen LogP) is 2.31. The molecule has 1 aliphatic rings. The highest BCUT2D eigenvalue weighted by atomic mass is 16.3. The third kappa shape index (κ3) is 3.67. The Morgan fingerprint density at radius 3 is 2.35 bits per heavy atom. The number of benzene rings is 1. The zero-order chi connectivity index (χ0) is 16.2. The summed E-state index contributed by atoms with van der Waals surface area (Å²) in [6.45, 7) is 2.48. The zero-order valence-electron chi connectivity index (χ0n) is 12.6. The van der Waals surface area contributed by atoms with E-state index in [2.05, 4.69) is 16.0 Å². The van der Waals surface area contributed by atoms with Crippen molar-refractivity contribution in [3.05, 3.63) is 60.1 Å². The third-order valence-electron chi connectivity index (χ3n) is 3.44. The molecule has 0 spiro atoms. The van der Waals surface area contributed by atoms with Gasteiger partial charge in [-0.1, -0.05) is 12.2 Å². The van der Waals surface area contributed by atoms with Gasteiger partial charge in [0, 0.05) is 17.9 Å². The van der Waals surface area contributed by atoms with E-state index in [0.717, 1.165) is 0 Å². The molecule has 0 fully saturated rings. The molecule has 0 radical (unpaired) electrons. The average molecular weight is 311 g/mol. The van der Waals surface area contributed by atoms with Crippen molar-refractivity contribution in [2.75, 3.05) is 17.2 Å². The quantitative estimate of drug-likeness (QED) is 0.757. The van der Waals surface area contributed by atoms with E-state index < -0.39 is 0 Å². The fourth-order valence-electron chi connectivity index (χ4n) is 2.25. The van der Waals surface area contributed by atoms with Gasteiger partial charge in [-0.05, 0) is 43.3 Å². The molecule has 118 valence electrons. The van der Waals surface area contributed by atoms with Crippen molar-refractivity contribution in [2.45, 2.75) is 13.0 Å². The van der Waals surface area contributed by atoms with E-state index in [1.54, 1.807) is 43.3 Å². The Bertz CT molecular complexity index is 747. The van der Waals surface area contributed by atoms with E-state index in [0.29, 0.717) is 23.7 Å². The summed E-state index contributed by atoms with van der Waals surface area (Å²) in [5.74, 6) is 0.526. The lowest BCUT2D eigenvalue weighted by Crippen LogP contribution is -2.35. The largest absolute Gasteiger partial charge is 0.456 e. The Morgan fingerprint density at radius 2 is 1.78 bits per heavy atom. The van der Waals surface area contributed by atoms with Crippen LogP contribution in [0.5, 0.6) is 0 Å². The lowest BCUT2D eigenvalue weighted by Gasteiger charge is -2.11. The molecule has 1 atom stereocenters. The van der Waals surface area contributed by atoms with Crippen LogP contribution in [-0.4, -0.2) is 24.4 Å². The lowest BCUT2D eigenvalue weighted by atomic mass is 10.2. The normalized spacial score (nSPS) is 16.3. The van der Waals surface area contributed by atoms with Crippen LogP contribution in [0.15, 0.2) is 53.0 Å². The van der Waals surface area contributed by atoms with Crippen LogP contribution in [-0.2, 0) is 4.79 Å². The van der Waals surface area contributed by atoms with Gasteiger partial charge in [-0.2, -0.15) is 0 Å². The summed E-state index contributed by atoms with van der Waals surface area (Å²) in [5, 5.41) is 8.60. The first-order chi connectivity index (χ1) is 11.1. The van der Waals surface area contributed by atoms with Gasteiger partial charge in [0.1, 0.15) is 11.8 Å². The van der Waals surface area contributed by atoms with E-state index in [-0.39, 0.29) is 23.6 Å². The highest BCUT2D eigenvalue weighted by molar-refractivity contribution is 6.02. The first-order valence-electron chi connectivity index (χ1n) is 7.30. The van der Waals surface area contributed by atoms with Crippen LogP contribution in [0.1, 0.15) is 16.3 Å². The minimum atomic E-state index is -0.310. The second-order valence-electron chi connectivity index (χ2n) is 5.25. The van der Waals surface area contributed by atoms with Crippen molar-refractivity contribution in [2.24, 2.45) is 0 Å². The molecular weight excluding hydrogens is 294 g/mol. The molecule has 23 heavy (non-hydrogen) atoms. The Balaban J connectivity index is 1.59. The SMILES string of the molecule is Cc1ccc(C(=O)Nc2ccc(NC(=O)C3C=CCN3)cc2)o1. The summed E-state index contributed by atoms with van der Waals surface area (Å²) in [5.41, 5.74) is 1.30. The maximum Gasteiger partial charge on any atom is 0.291 e. The van der Waals surface area contributed by atoms with Gasteiger partial charge < -0.3 is 15.1 Å². The van der Waals surface area contributed by atoms with Gasteiger partial charge in [-0.25, -0.2) is 0 Å². The molecule has 2 aromatic rings. The third-order valence-corrected chi connectivity index (χ3v) is 3.44. The Morgan fingerprint density at radius 1 is 1.09 bits per heavy atom. The number of anilines is 2. The van der Waals surface area contributed by atoms with Crippen LogP contribution in [0.2, 0.25) is 0 Å². The van der Waals surface area contributed by atoms with Crippen LogP contribution >= 0.6 is 0 Å². The molecule has 0 saturated carbocycles. The van der Waals surface area contributed by atoms with Crippen molar-refractivity contribution in [3.8, 4) is 0 Å². The van der Waals surface area contributed by atoms with E-state index in [1.807, 2.05) is 12.2 Å². The smallest absolute Gasteiger partial charge is 0.291 e. The van der Waals surface area contributed by atoms with Crippen LogP contribution < -0.4 is 16.0 Å². The van der Waals surface area contributed by atoms with Crippen LogP contribution in [0.3, 0.4) is 0 Å². The second-order valence-corrected chi connectivity index (χ2v) is 5.25. The van der Waals surface area contributed by atoms with Crippen LogP contribution in [0.4, 0.5) is 11.4 Å². The number of amides is 2. The number of hydrogen-bond acceptors (Lipinski definition) is 4. The molecule has 0 aliphatic carbocycles. The lowest BCUT2D eigenvalue weighted by molar-refractivity contribution is -0.116. The fraction of sp³-hybridized carbons (Fsp3) is 0.176. The first kappa shape index (κ1) is 15.1. The standard InChI is InChI=1S/C17H17N3O3/c1-11-4-9-15(23-11)17(22)20-13-7-5-12(6-8-13)19-16(21)14-3-2-10-18-14/h2-9,14,18H,10H2,1H3,(H,19,21)(H,20,22). The topological polar surface area (TPSA) is 83.4 Å². The fourth-order valence-corrected chi connectivity index (χ4v) is 2.25. The molecular formula is C17H17N3O3. The van der Waals surface area contributed by atoms with Gasteiger partial charge in [-0.3, -0.25) is 14.9 Å². The molecule has 3 rings (SSSR count). The summed E-state index contributed by atoms with van der Waals surface area (Å²) in [6, 6.07) is 9.98. The average Bonchev–Trinajstić information content (AvgIpc) is 3.20. The molecule has 2 heterocycles. The van der Waals surface area contributed by atoms with Gasteiger partial charge >= 0.3 is 0 Å². The number of aryl methyl sites for hydroxylation is 1. The Hall–Kier alpha value is -2.86. The zero-order valence-corrected chi connectivity index (χ0v) is 12.6. The highest BCUT2D eigenvalue weighted by Gasteiger charge is 2.17. The first-order valence-corrected chi connectivity index (χ1v) is 7.30. The number of nitrogens with one attached hydrogen (secondary N) is 3. The van der Waals surface area contributed by atoms with Gasteiger partial charge in [-0.15, -0.1) is 0 Å². The summed E-state index contributed by atoms with van der Waals surface area (Å²) in [6.07, 6.45) is 3.74. The molecule has 3 N–H and O–H groups in total. The summed E-state index contributed by atoms with van der Waals surface area (Å²) >= 11 is 0. The van der Waals surface area contributed by atoms with Crippen LogP contribution in [0, 0.1) is 6.92 Å². The minimum Gasteiger partial charge on any atom is -0.456 e. The monoisotopic (exact) mass is 311 g/mol. The van der Waals surface area contributed by atoms with Crippen LogP contribution in [0.25, 0.3) is 0 Å². The summed E-state index contributed by atoms with van der Waals surface area (Å²) in [4.78, 5) is 23.9. The molecule has 6 heteroatoms. The Labute approximate surface area is 133 Å². The van der Waals surface area contributed by atoms with E-state index in [9.17, 15) is 9.59 Å². The molecule has 1 aliphatic heterocycles. The van der Waals surface area contributed by atoms with E-state index in [1.165, 1.54) is 0 Å². The van der Waals surface area contributed by atoms with Crippen molar-refractivity contribution >= 4 is 23.2 Å². The van der Waals surface area contributed by atoms with Gasteiger partial charge in [0.15, 0.2) is 5.76 Å². The molecule has 0 bridgehead atoms. The molecule has 0 saturated heterocycles. The molecule has 1 aromatic heterocycles. The number of carbonyl (C=O) groups is 2. The maximum atomic E-state index is 12.0. The van der Waals surface area contributed by atoms with E-state index in [4.69, 9.17) is 4.42 Å². The predicted molar refractivity (Wildman–Crippen MR) is 87.4 cm³/mol. The number of rotatable bonds is 4. The van der Waals surface area contributed by atoms with E-state index >= 15 is 0 Å². The van der Waals surface area contributed by atoms with Gasteiger partial charge in [0.2, 0.25) is 5.91 Å². The van der Waals surface area contributed by atoms with Crippen molar-refractivity contribution < 1.29 is 14.0 Å². The van der Waals surface area contributed by atoms with Crippen molar-refractivity contribution in [1.82, 2.24) is 5.32 Å². The second kappa shape index (κ2) is 6.50. The van der Waals surface area contributed by atoms with Gasteiger partial charge in [0.05, 0.1) is 0 Å². The molecule has 6 nitrogen and oxygen atoms in total. The molecule has 1 aromatic carbocycles. The summed E-state index contributed by atoms with van der Waals surface area (Å²) in [7, 11) is 0. The van der Waals surface area contributed by atoms with Gasteiger partial charge in [0.25, 0.3) is 5.91 Å². The highest BCUT2D eigenvalue weighted by Crippen LogP contribution is 2.16. The number of furan rings is 1. The maximum absolute atomic E-state index is 12.0. The minimum absolute atomic E-state index is 0.110. The number of hydrogen-bond donors (Lipinski definition) is 3. The summed E-state index contributed by atoms with van der Waals surface area (Å²) < 4.78 is 5.27. The number of carbonyl (C=O) groups excluding carboxylic acids is 2. The molecule has 2 amide bonds. The Kier molecular flexibility index (Phi) is 4.25. The molecule has 1 unspecified atom stereocenters. The van der Waals surface area contributed by atoms with Crippen molar-refractivity contribution in [3.63, 3.8) is 0 Å².